The third-order valence-corrected chi connectivity index (χ3v) is 2.36. The monoisotopic (exact) mass is 205 g/mol. The van der Waals surface area contributed by atoms with Gasteiger partial charge >= 0.3 is 5.97 Å². The van der Waals surface area contributed by atoms with Crippen LogP contribution in [0.2, 0.25) is 0 Å². The third kappa shape index (κ3) is 1.98. The average molecular weight is 205 g/mol. The molecule has 1 unspecified atom stereocenters. The predicted octanol–water partition coefficient (Wildman–Crippen LogP) is 1.90. The number of hydrogen-bond donors (Lipinski definition) is 1. The summed E-state index contributed by atoms with van der Waals surface area (Å²) in [6, 6.07) is 7.80. The van der Waals surface area contributed by atoms with Crippen LogP contribution in [0.4, 0.5) is 0 Å². The smallest absolute Gasteiger partial charge is 0.353 e. The summed E-state index contributed by atoms with van der Waals surface area (Å²) in [6.45, 7) is 2.00. The SMILES string of the molecule is Cc1ccc(C2CC(C(=O)O)=NO2)cc1. The molecule has 0 spiro atoms. The van der Waals surface area contributed by atoms with Crippen LogP contribution in [0.15, 0.2) is 29.4 Å². The van der Waals surface area contributed by atoms with Gasteiger partial charge in [-0.05, 0) is 12.5 Å². The van der Waals surface area contributed by atoms with Crippen LogP contribution < -0.4 is 0 Å². The Balaban J connectivity index is 2.10. The number of nitrogens with zero attached hydrogens (tertiary/aromatic N) is 1. The second-order valence-corrected chi connectivity index (χ2v) is 3.55. The van der Waals surface area contributed by atoms with Crippen molar-refractivity contribution in [2.24, 2.45) is 5.16 Å². The number of hydrogen-bond acceptors (Lipinski definition) is 3. The summed E-state index contributed by atoms with van der Waals surface area (Å²) in [5.74, 6) is -1.01. The first-order valence-corrected chi connectivity index (χ1v) is 4.69. The number of carboxylic acid groups (broad SMARTS) is 1. The lowest BCUT2D eigenvalue weighted by Crippen LogP contribution is -2.11. The van der Waals surface area contributed by atoms with Gasteiger partial charge in [-0.25, -0.2) is 4.79 Å². The molecule has 4 heteroatoms. The maximum absolute atomic E-state index is 10.6. The number of aliphatic carboxylic acids is 1. The van der Waals surface area contributed by atoms with Crippen LogP contribution in [0, 0.1) is 6.92 Å². The zero-order valence-electron chi connectivity index (χ0n) is 8.30. The maximum atomic E-state index is 10.6. The van der Waals surface area contributed by atoms with Gasteiger partial charge in [0.05, 0.1) is 0 Å². The van der Waals surface area contributed by atoms with Gasteiger partial charge in [0.15, 0.2) is 11.8 Å². The molecule has 0 amide bonds. The highest BCUT2D eigenvalue weighted by Gasteiger charge is 2.26. The fraction of sp³-hybridized carbons (Fsp3) is 0.273. The Bertz CT molecular complexity index is 408. The molecular formula is C11H11NO3. The lowest BCUT2D eigenvalue weighted by Gasteiger charge is -2.07. The summed E-state index contributed by atoms with van der Waals surface area (Å²) in [7, 11) is 0. The molecule has 1 heterocycles. The Morgan fingerprint density at radius 1 is 1.47 bits per heavy atom. The minimum atomic E-state index is -1.01. The van der Waals surface area contributed by atoms with Gasteiger partial charge in [0, 0.05) is 6.42 Å². The Morgan fingerprint density at radius 2 is 2.13 bits per heavy atom. The number of carboxylic acids is 1. The predicted molar refractivity (Wildman–Crippen MR) is 54.7 cm³/mol. The Morgan fingerprint density at radius 3 is 2.67 bits per heavy atom. The number of benzene rings is 1. The molecule has 0 saturated heterocycles. The molecule has 0 aromatic heterocycles. The van der Waals surface area contributed by atoms with E-state index in [0.29, 0.717) is 6.42 Å². The van der Waals surface area contributed by atoms with Crippen LogP contribution in [0.5, 0.6) is 0 Å². The van der Waals surface area contributed by atoms with Crippen LogP contribution in [-0.2, 0) is 9.63 Å². The van der Waals surface area contributed by atoms with Gasteiger partial charge in [-0.15, -0.1) is 0 Å². The van der Waals surface area contributed by atoms with Gasteiger partial charge in [0.2, 0.25) is 0 Å². The molecule has 0 radical (unpaired) electrons. The summed E-state index contributed by atoms with van der Waals surface area (Å²) in [6.07, 6.45) is 0.0787. The van der Waals surface area contributed by atoms with Crippen molar-refractivity contribution in [2.45, 2.75) is 19.4 Å². The first-order chi connectivity index (χ1) is 7.16. The van der Waals surface area contributed by atoms with Crippen molar-refractivity contribution in [1.82, 2.24) is 0 Å². The van der Waals surface area contributed by atoms with E-state index in [9.17, 15) is 4.79 Å². The fourth-order valence-electron chi connectivity index (χ4n) is 1.46. The van der Waals surface area contributed by atoms with E-state index in [-0.39, 0.29) is 11.8 Å². The van der Waals surface area contributed by atoms with Crippen molar-refractivity contribution in [1.29, 1.82) is 0 Å². The number of rotatable bonds is 2. The van der Waals surface area contributed by atoms with Gasteiger partial charge in [0.25, 0.3) is 0 Å². The minimum absolute atomic E-state index is 0.0839. The molecular weight excluding hydrogens is 194 g/mol. The van der Waals surface area contributed by atoms with Crippen molar-refractivity contribution in [2.75, 3.05) is 0 Å². The van der Waals surface area contributed by atoms with E-state index in [0.717, 1.165) is 11.1 Å². The lowest BCUT2D eigenvalue weighted by atomic mass is 10.0. The zero-order valence-corrected chi connectivity index (χ0v) is 8.30. The molecule has 1 N–H and O–H groups in total. The van der Waals surface area contributed by atoms with Crippen LogP contribution in [0.1, 0.15) is 23.7 Å². The number of carbonyl (C=O) groups is 1. The molecule has 1 aliphatic heterocycles. The standard InChI is InChI=1S/C11H11NO3/c1-7-2-4-8(5-3-7)10-6-9(11(13)14)12-15-10/h2-5,10H,6H2,1H3,(H,13,14). The van der Waals surface area contributed by atoms with Crippen LogP contribution in [-0.4, -0.2) is 16.8 Å². The van der Waals surface area contributed by atoms with Gasteiger partial charge < -0.3 is 9.94 Å². The van der Waals surface area contributed by atoms with E-state index in [4.69, 9.17) is 9.94 Å². The number of oxime groups is 1. The van der Waals surface area contributed by atoms with Crippen LogP contribution in [0.25, 0.3) is 0 Å². The summed E-state index contributed by atoms with van der Waals surface area (Å²) in [5, 5.41) is 12.2. The molecule has 0 aliphatic carbocycles. The molecule has 0 fully saturated rings. The fourth-order valence-corrected chi connectivity index (χ4v) is 1.46. The highest BCUT2D eigenvalue weighted by molar-refractivity contribution is 6.35. The molecule has 78 valence electrons. The van der Waals surface area contributed by atoms with E-state index < -0.39 is 5.97 Å². The minimum Gasteiger partial charge on any atom is -0.477 e. The normalized spacial score (nSPS) is 19.5. The second-order valence-electron chi connectivity index (χ2n) is 3.55. The van der Waals surface area contributed by atoms with E-state index >= 15 is 0 Å². The summed E-state index contributed by atoms with van der Waals surface area (Å²) in [5.41, 5.74) is 2.21. The van der Waals surface area contributed by atoms with Crippen LogP contribution >= 0.6 is 0 Å². The van der Waals surface area contributed by atoms with Crippen molar-refractivity contribution in [3.63, 3.8) is 0 Å². The molecule has 1 aromatic carbocycles. The van der Waals surface area contributed by atoms with Crippen molar-refractivity contribution < 1.29 is 14.7 Å². The van der Waals surface area contributed by atoms with Gasteiger partial charge in [-0.2, -0.15) is 0 Å². The molecule has 4 nitrogen and oxygen atoms in total. The topological polar surface area (TPSA) is 58.9 Å². The maximum Gasteiger partial charge on any atom is 0.353 e. The van der Waals surface area contributed by atoms with E-state index in [1.165, 1.54) is 0 Å². The molecule has 15 heavy (non-hydrogen) atoms. The highest BCUT2D eigenvalue weighted by Crippen LogP contribution is 2.27. The molecule has 1 aliphatic rings. The van der Waals surface area contributed by atoms with Crippen LogP contribution in [0.3, 0.4) is 0 Å². The van der Waals surface area contributed by atoms with Gasteiger partial charge in [0.1, 0.15) is 0 Å². The quantitative estimate of drug-likeness (QED) is 0.802. The third-order valence-electron chi connectivity index (χ3n) is 2.36. The van der Waals surface area contributed by atoms with Crippen molar-refractivity contribution in [3.8, 4) is 0 Å². The highest BCUT2D eigenvalue weighted by atomic mass is 16.6. The summed E-state index contributed by atoms with van der Waals surface area (Å²) < 4.78 is 0. The first kappa shape index (κ1) is 9.71. The van der Waals surface area contributed by atoms with Gasteiger partial charge in [-0.1, -0.05) is 35.0 Å². The Labute approximate surface area is 87.2 Å². The summed E-state index contributed by atoms with van der Waals surface area (Å²) >= 11 is 0. The van der Waals surface area contributed by atoms with E-state index in [1.807, 2.05) is 31.2 Å². The molecule has 1 atom stereocenters. The first-order valence-electron chi connectivity index (χ1n) is 4.69. The largest absolute Gasteiger partial charge is 0.477 e. The Hall–Kier alpha value is -1.84. The van der Waals surface area contributed by atoms with Crippen molar-refractivity contribution >= 4 is 11.7 Å². The Kier molecular flexibility index (Phi) is 2.41. The van der Waals surface area contributed by atoms with Crippen molar-refractivity contribution in [3.05, 3.63) is 35.4 Å². The molecule has 0 saturated carbocycles. The molecule has 2 rings (SSSR count). The average Bonchev–Trinajstić information content (AvgIpc) is 2.68. The molecule has 0 bridgehead atoms. The zero-order chi connectivity index (χ0) is 10.8. The van der Waals surface area contributed by atoms with Gasteiger partial charge in [-0.3, -0.25) is 0 Å². The second kappa shape index (κ2) is 3.73. The summed E-state index contributed by atoms with van der Waals surface area (Å²) in [4.78, 5) is 15.7. The number of aryl methyl sites for hydroxylation is 1. The molecule has 1 aromatic rings. The van der Waals surface area contributed by atoms with E-state index in [2.05, 4.69) is 5.16 Å². The lowest BCUT2D eigenvalue weighted by molar-refractivity contribution is -0.129. The van der Waals surface area contributed by atoms with E-state index in [1.54, 1.807) is 0 Å².